The van der Waals surface area contributed by atoms with Crippen molar-refractivity contribution in [1.82, 2.24) is 46.2 Å². The van der Waals surface area contributed by atoms with Crippen molar-refractivity contribution in [3.63, 3.8) is 0 Å². The lowest BCUT2D eigenvalue weighted by molar-refractivity contribution is -0.142. The largest absolute Gasteiger partial charge is 0.480 e. The van der Waals surface area contributed by atoms with E-state index in [1.165, 1.54) is 9.58 Å². The highest BCUT2D eigenvalue weighted by Crippen LogP contribution is 2.40. The number of nitrogens with two attached hydrogens (primary N) is 3. The van der Waals surface area contributed by atoms with Gasteiger partial charge in [-0.3, -0.25) is 43.3 Å². The van der Waals surface area contributed by atoms with Crippen molar-refractivity contribution in [2.24, 2.45) is 28.5 Å². The number of benzene rings is 2. The van der Waals surface area contributed by atoms with E-state index in [9.17, 15) is 62.5 Å². The molecular weight excluding hydrogens is 1130 g/mol. The van der Waals surface area contributed by atoms with E-state index < -0.39 is 124 Å². The summed E-state index contributed by atoms with van der Waals surface area (Å²) in [7, 11) is 0. The lowest BCUT2D eigenvalue weighted by Gasteiger charge is -2.40. The van der Waals surface area contributed by atoms with E-state index in [1.54, 1.807) is 20.0 Å². The number of halogens is 2. The number of nitrogens with one attached hydrogen (secondary N) is 5. The molecule has 3 aromatic rings. The zero-order valence-electron chi connectivity index (χ0n) is 48.7. The molecule has 1 fully saturated rings. The molecule has 0 radical (unpaired) electrons. The second-order valence-corrected chi connectivity index (χ2v) is 23.5. The number of carbonyl (C=O) groups excluding carboxylic acids is 8. The van der Waals surface area contributed by atoms with Crippen LogP contribution in [-0.4, -0.2) is 168 Å². The van der Waals surface area contributed by atoms with Gasteiger partial charge >= 0.3 is 18.0 Å². The molecule has 14 N–H and O–H groups in total. The third-order valence-electron chi connectivity index (χ3n) is 14.1. The Morgan fingerprint density at radius 1 is 0.800 bits per heavy atom. The number of aliphatic carboxylic acids is 2. The predicted octanol–water partition coefficient (Wildman–Crippen LogP) is 2.13. The summed E-state index contributed by atoms with van der Waals surface area (Å²) < 4.78 is 30.8. The summed E-state index contributed by atoms with van der Waals surface area (Å²) in [5.74, 6) is -8.76. The monoisotopic (exact) mass is 1210 g/mol. The van der Waals surface area contributed by atoms with Crippen LogP contribution in [0.2, 0.25) is 0 Å². The number of carbonyl (C=O) groups is 10. The number of aromatic nitrogens is 2. The van der Waals surface area contributed by atoms with Gasteiger partial charge in [0.1, 0.15) is 48.1 Å². The first kappa shape index (κ1) is 69.9. The number of aliphatic hydroxyl groups excluding tert-OH is 1. The maximum atomic E-state index is 15.2. The fraction of sp³-hybridized carbons (Fsp3) is 0.561. The number of urea groups is 1. The third-order valence-corrected chi connectivity index (χ3v) is 15.4. The second-order valence-electron chi connectivity index (χ2n) is 22.3. The number of primary amides is 1. The third kappa shape index (κ3) is 22.1. The number of rotatable bonds is 36. The molecule has 0 aliphatic carbocycles. The average Bonchev–Trinajstić information content (AvgIpc) is 2.23. The smallest absolute Gasteiger partial charge is 0.326 e. The number of aliphatic hydroxyl groups is 1. The maximum Gasteiger partial charge on any atom is 0.326 e. The Balaban J connectivity index is 1.32. The molecule has 7 atom stereocenters. The molecule has 0 spiro atoms. The molecule has 2 unspecified atom stereocenters. The number of unbranched alkanes of at least 4 members (excludes halogenated alkanes) is 3. The number of hydrogen-bond acceptors (Lipinski definition) is 15. The van der Waals surface area contributed by atoms with Crippen LogP contribution in [0.5, 0.6) is 0 Å². The summed E-state index contributed by atoms with van der Waals surface area (Å²) in [5, 5.41) is 46.2. The second kappa shape index (κ2) is 33.8. The van der Waals surface area contributed by atoms with Gasteiger partial charge in [-0.2, -0.15) is 5.10 Å². The topological polar surface area (TPSA) is 394 Å². The van der Waals surface area contributed by atoms with E-state index >= 15 is 4.39 Å². The number of amides is 9. The van der Waals surface area contributed by atoms with Gasteiger partial charge in [0.25, 0.3) is 0 Å². The van der Waals surface area contributed by atoms with Crippen molar-refractivity contribution in [1.29, 1.82) is 0 Å². The quantitative estimate of drug-likeness (QED) is 0.0293. The Hall–Kier alpha value is -7.56. The first-order valence-corrected chi connectivity index (χ1v) is 29.3. The van der Waals surface area contributed by atoms with E-state index in [1.807, 2.05) is 51.1 Å². The van der Waals surface area contributed by atoms with Crippen LogP contribution in [-0.2, 0) is 49.6 Å². The van der Waals surface area contributed by atoms with Crippen LogP contribution in [0, 0.1) is 23.0 Å². The van der Waals surface area contributed by atoms with Gasteiger partial charge in [0.05, 0.1) is 23.0 Å². The molecule has 0 bridgehead atoms. The van der Waals surface area contributed by atoms with E-state index in [2.05, 4.69) is 26.6 Å². The van der Waals surface area contributed by atoms with E-state index in [0.717, 1.165) is 40.4 Å². The maximum absolute atomic E-state index is 15.2. The van der Waals surface area contributed by atoms with Crippen LogP contribution in [0.25, 0.3) is 5.69 Å². The standard InChI is InChI=1S/C57H82F2N12O13S/c1-33(2)47(67-44(73)19-10-7-13-25-70-45(74)29-43(53(70)79)85-32-39(61)54(80)81)52(78)65-40(18-14-24-64-56(62)84)51(77)66-41(55(82)83)17-11-12-23-63-50(76)38(60)22-26-69(46(75)31-72)49(57(3,4)5)48-35(27-34-15-8-6-9-16-34)30-71(68-48)42-28-36(58)20-21-37(42)59/h6,8-9,15-16,20-21,28,30,33,38-41,43,47,49,72H,7,10-14,17-19,22-27,29,31-32,60-61H2,1-5H3,(H,63,76)(H,65,78)(H,66,77)(H,67,73)(H,80,81)(H,82,83)(H3,62,64,84)/t38-,39-,40-,41-,43?,47?,49-/m0/s1. The van der Waals surface area contributed by atoms with E-state index in [-0.39, 0.29) is 94.9 Å². The highest BCUT2D eigenvalue weighted by atomic mass is 32.2. The minimum Gasteiger partial charge on any atom is -0.480 e. The van der Waals surface area contributed by atoms with Gasteiger partial charge in [-0.1, -0.05) is 71.4 Å². The Kier molecular flexibility index (Phi) is 27.8. The fourth-order valence-electron chi connectivity index (χ4n) is 9.53. The van der Waals surface area contributed by atoms with Gasteiger partial charge in [0.2, 0.25) is 41.4 Å². The molecule has 1 saturated heterocycles. The number of nitrogens with zero attached hydrogens (tertiary/aromatic N) is 4. The van der Waals surface area contributed by atoms with E-state index in [4.69, 9.17) is 27.4 Å². The van der Waals surface area contributed by atoms with Crippen LogP contribution in [0.4, 0.5) is 13.6 Å². The molecule has 4 rings (SSSR count). The Morgan fingerprint density at radius 2 is 1.47 bits per heavy atom. The van der Waals surface area contributed by atoms with Crippen LogP contribution in [0.1, 0.15) is 128 Å². The van der Waals surface area contributed by atoms with Crippen molar-refractivity contribution in [3.05, 3.63) is 83.2 Å². The van der Waals surface area contributed by atoms with Gasteiger partial charge in [-0.15, -0.1) is 11.8 Å². The van der Waals surface area contributed by atoms with Crippen LogP contribution < -0.4 is 43.8 Å². The molecule has 468 valence electrons. The molecule has 1 aromatic heterocycles. The number of thioether (sulfide) groups is 1. The molecule has 25 nitrogen and oxygen atoms in total. The van der Waals surface area contributed by atoms with Crippen molar-refractivity contribution >= 4 is 71.1 Å². The Bertz CT molecular complexity index is 2800. The van der Waals surface area contributed by atoms with Crippen LogP contribution >= 0.6 is 11.8 Å². The lowest BCUT2D eigenvalue weighted by atomic mass is 9.81. The molecule has 28 heteroatoms. The minimum absolute atomic E-state index is 0.0133. The van der Waals surface area contributed by atoms with Crippen molar-refractivity contribution in [2.45, 2.75) is 153 Å². The normalized spacial score (nSPS) is 15.5. The number of likely N-dealkylation sites (tertiary alicyclic amines) is 1. The molecule has 9 amide bonds. The van der Waals surface area contributed by atoms with Gasteiger partial charge in [0.15, 0.2) is 0 Å². The highest BCUT2D eigenvalue weighted by molar-refractivity contribution is 8.00. The number of carboxylic acid groups (broad SMARTS) is 2. The van der Waals surface area contributed by atoms with Gasteiger partial charge in [-0.25, -0.2) is 23.1 Å². The van der Waals surface area contributed by atoms with Gasteiger partial charge < -0.3 is 64.0 Å². The van der Waals surface area contributed by atoms with Gasteiger partial charge in [0, 0.05) is 69.0 Å². The first-order chi connectivity index (χ1) is 40.1. The number of hydrogen-bond donors (Lipinski definition) is 11. The number of carboxylic acids is 2. The molecule has 0 saturated carbocycles. The molecule has 2 heterocycles. The SMILES string of the molecule is CC(C)C(NC(=O)CCCCCN1C(=O)CC(SC[C@H](N)C(=O)O)C1=O)C(=O)N[C@@H](CCCNC(N)=O)C(=O)N[C@@H](CCCCNC(=O)[C@@H](N)CCN(C(=O)CO)[C@@H](c1nn(-c2cc(F)ccc2F)cc1Cc1ccccc1)C(C)(C)C)C(=O)O. The molecule has 2 aromatic carbocycles. The number of imide groups is 1. The summed E-state index contributed by atoms with van der Waals surface area (Å²) in [6, 6.07) is 4.31. The zero-order valence-corrected chi connectivity index (χ0v) is 49.5. The lowest BCUT2D eigenvalue weighted by Crippen LogP contribution is -2.57. The Labute approximate surface area is 496 Å². The minimum atomic E-state index is -1.45. The molecule has 85 heavy (non-hydrogen) atoms. The Morgan fingerprint density at radius 3 is 2.11 bits per heavy atom. The van der Waals surface area contributed by atoms with Crippen LogP contribution in [0.3, 0.4) is 0 Å². The summed E-state index contributed by atoms with van der Waals surface area (Å²) in [5.41, 5.74) is 17.9. The highest BCUT2D eigenvalue weighted by Gasteiger charge is 2.40. The fourth-order valence-corrected chi connectivity index (χ4v) is 10.6. The molecule has 1 aliphatic heterocycles. The van der Waals surface area contributed by atoms with Crippen LogP contribution in [0.15, 0.2) is 54.7 Å². The van der Waals surface area contributed by atoms with Gasteiger partial charge in [-0.05, 0) is 80.4 Å². The molecular formula is C57H82F2N12O13S. The summed E-state index contributed by atoms with van der Waals surface area (Å²) >= 11 is 1.01. The van der Waals surface area contributed by atoms with E-state index in [0.29, 0.717) is 36.9 Å². The van der Waals surface area contributed by atoms with Crippen molar-refractivity contribution in [3.8, 4) is 5.69 Å². The van der Waals surface area contributed by atoms with Crippen molar-refractivity contribution in [2.75, 3.05) is 38.5 Å². The predicted molar refractivity (Wildman–Crippen MR) is 310 cm³/mol. The summed E-state index contributed by atoms with van der Waals surface area (Å²) in [6.07, 6.45) is 3.21. The summed E-state index contributed by atoms with van der Waals surface area (Å²) in [6.45, 7) is 8.00. The molecule has 1 aliphatic rings. The summed E-state index contributed by atoms with van der Waals surface area (Å²) in [4.78, 5) is 130. The first-order valence-electron chi connectivity index (χ1n) is 28.2. The average molecular weight is 1210 g/mol. The zero-order chi connectivity index (χ0) is 63.1. The van der Waals surface area contributed by atoms with Crippen molar-refractivity contribution < 1.29 is 72.0 Å².